The van der Waals surface area contributed by atoms with Crippen molar-refractivity contribution in [2.45, 2.75) is 13.3 Å². The Morgan fingerprint density at radius 2 is 2.16 bits per heavy atom. The van der Waals surface area contributed by atoms with Crippen molar-refractivity contribution in [3.63, 3.8) is 0 Å². The number of nitrogens with one attached hydrogen (secondary N) is 1. The Morgan fingerprint density at radius 1 is 1.37 bits per heavy atom. The van der Waals surface area contributed by atoms with E-state index in [1.54, 1.807) is 11.3 Å². The summed E-state index contributed by atoms with van der Waals surface area (Å²) in [5.74, 6) is 0. The van der Waals surface area contributed by atoms with Crippen LogP contribution >= 0.6 is 39.5 Å². The van der Waals surface area contributed by atoms with Gasteiger partial charge in [0, 0.05) is 22.7 Å². The molecule has 0 fully saturated rings. The van der Waals surface area contributed by atoms with Gasteiger partial charge in [-0.2, -0.15) is 0 Å². The summed E-state index contributed by atoms with van der Waals surface area (Å²) in [4.78, 5) is 1.79. The monoisotopic (exact) mass is 354 g/mol. The molecule has 0 unspecified atom stereocenters. The van der Waals surface area contributed by atoms with Gasteiger partial charge in [0.15, 0.2) is 0 Å². The highest BCUT2D eigenvalue weighted by atomic mass is 79.9. The van der Waals surface area contributed by atoms with Crippen LogP contribution in [0.25, 0.3) is 0 Å². The molecule has 2 aromatic rings. The topological polar surface area (TPSA) is 38.0 Å². The van der Waals surface area contributed by atoms with E-state index in [1.807, 2.05) is 19.1 Å². The lowest BCUT2D eigenvalue weighted by molar-refractivity contribution is 1.04. The number of nitrogens with two attached hydrogens (primary N) is 1. The highest BCUT2D eigenvalue weighted by Crippen LogP contribution is 2.23. The van der Waals surface area contributed by atoms with E-state index in [0.717, 1.165) is 29.8 Å². The third-order valence-electron chi connectivity index (χ3n) is 2.76. The quantitative estimate of drug-likeness (QED) is 0.793. The molecule has 0 bridgehead atoms. The van der Waals surface area contributed by atoms with Gasteiger partial charge in [0.1, 0.15) is 4.99 Å². The van der Waals surface area contributed by atoms with Crippen molar-refractivity contribution in [3.8, 4) is 0 Å². The third kappa shape index (κ3) is 4.03. The first kappa shape index (κ1) is 14.5. The molecule has 3 N–H and O–H groups in total. The molecule has 0 aliphatic rings. The SMILES string of the molecule is Cc1ccc(NCCc2ccc(Br)s2)c(C(N)=S)c1. The van der Waals surface area contributed by atoms with E-state index < -0.39 is 0 Å². The molecule has 1 aromatic heterocycles. The number of hydrogen-bond acceptors (Lipinski definition) is 3. The van der Waals surface area contributed by atoms with Crippen molar-refractivity contribution in [1.29, 1.82) is 0 Å². The number of anilines is 1. The van der Waals surface area contributed by atoms with E-state index in [-0.39, 0.29) is 0 Å². The van der Waals surface area contributed by atoms with Crippen molar-refractivity contribution in [3.05, 3.63) is 50.1 Å². The molecule has 0 aliphatic carbocycles. The lowest BCUT2D eigenvalue weighted by Crippen LogP contribution is -2.14. The Bertz CT molecular complexity index is 593. The molecule has 2 nitrogen and oxygen atoms in total. The number of rotatable bonds is 5. The zero-order chi connectivity index (χ0) is 13.8. The zero-order valence-corrected chi connectivity index (χ0v) is 13.8. The van der Waals surface area contributed by atoms with Crippen molar-refractivity contribution in [2.24, 2.45) is 5.73 Å². The molecular formula is C14H15BrN2S2. The van der Waals surface area contributed by atoms with E-state index in [1.165, 1.54) is 8.66 Å². The molecule has 0 saturated carbocycles. The Labute approximate surface area is 131 Å². The summed E-state index contributed by atoms with van der Waals surface area (Å²) in [6.45, 7) is 2.90. The second-order valence-corrected chi connectivity index (χ2v) is 7.28. The number of hydrogen-bond donors (Lipinski definition) is 2. The van der Waals surface area contributed by atoms with Gasteiger partial charge < -0.3 is 11.1 Å². The van der Waals surface area contributed by atoms with Crippen molar-refractivity contribution in [1.82, 2.24) is 0 Å². The molecule has 0 aliphatic heterocycles. The average molecular weight is 355 g/mol. The van der Waals surface area contributed by atoms with Gasteiger partial charge in [-0.25, -0.2) is 0 Å². The molecule has 0 atom stereocenters. The number of thiophene rings is 1. The summed E-state index contributed by atoms with van der Waals surface area (Å²) in [5.41, 5.74) is 8.85. The lowest BCUT2D eigenvalue weighted by Gasteiger charge is -2.11. The van der Waals surface area contributed by atoms with E-state index in [9.17, 15) is 0 Å². The molecular weight excluding hydrogens is 340 g/mol. The van der Waals surface area contributed by atoms with Crippen LogP contribution in [0, 0.1) is 6.92 Å². The Kier molecular flexibility index (Phi) is 4.96. The zero-order valence-electron chi connectivity index (χ0n) is 10.6. The van der Waals surface area contributed by atoms with Gasteiger partial charge in [-0.15, -0.1) is 11.3 Å². The van der Waals surface area contributed by atoms with Crippen LogP contribution in [0.5, 0.6) is 0 Å². The van der Waals surface area contributed by atoms with E-state index >= 15 is 0 Å². The maximum atomic E-state index is 5.76. The van der Waals surface area contributed by atoms with Crippen LogP contribution < -0.4 is 11.1 Å². The average Bonchev–Trinajstić information content (AvgIpc) is 2.77. The van der Waals surface area contributed by atoms with Crippen LogP contribution in [0.4, 0.5) is 5.69 Å². The first-order valence-electron chi connectivity index (χ1n) is 5.95. The van der Waals surface area contributed by atoms with Crippen LogP contribution in [0.1, 0.15) is 16.0 Å². The molecule has 0 saturated heterocycles. The van der Waals surface area contributed by atoms with Gasteiger partial charge in [-0.05, 0) is 53.5 Å². The Balaban J connectivity index is 2.01. The van der Waals surface area contributed by atoms with Crippen LogP contribution in [0.3, 0.4) is 0 Å². The van der Waals surface area contributed by atoms with Gasteiger partial charge >= 0.3 is 0 Å². The predicted octanol–water partition coefficient (Wildman–Crippen LogP) is 4.11. The minimum absolute atomic E-state index is 0.435. The van der Waals surface area contributed by atoms with Gasteiger partial charge in [-0.3, -0.25) is 0 Å². The third-order valence-corrected chi connectivity index (χ3v) is 4.66. The number of halogens is 1. The van der Waals surface area contributed by atoms with Crippen LogP contribution in [-0.4, -0.2) is 11.5 Å². The number of benzene rings is 1. The van der Waals surface area contributed by atoms with Crippen LogP contribution in [0.2, 0.25) is 0 Å². The Morgan fingerprint density at radius 3 is 2.79 bits per heavy atom. The smallest absolute Gasteiger partial charge is 0.106 e. The predicted molar refractivity (Wildman–Crippen MR) is 91.3 cm³/mol. The summed E-state index contributed by atoms with van der Waals surface area (Å²) in [5, 5.41) is 3.40. The van der Waals surface area contributed by atoms with Gasteiger partial charge in [-0.1, -0.05) is 23.8 Å². The minimum atomic E-state index is 0.435. The summed E-state index contributed by atoms with van der Waals surface area (Å²) in [6.07, 6.45) is 0.987. The maximum Gasteiger partial charge on any atom is 0.106 e. The van der Waals surface area contributed by atoms with E-state index in [2.05, 4.69) is 39.4 Å². The molecule has 0 amide bonds. The first-order valence-corrected chi connectivity index (χ1v) is 7.96. The Hall–Kier alpha value is -0.910. The maximum absolute atomic E-state index is 5.76. The van der Waals surface area contributed by atoms with Gasteiger partial charge in [0.2, 0.25) is 0 Å². The molecule has 5 heteroatoms. The highest BCUT2D eigenvalue weighted by Gasteiger charge is 2.05. The van der Waals surface area contributed by atoms with Gasteiger partial charge in [0.25, 0.3) is 0 Å². The fraction of sp³-hybridized carbons (Fsp3) is 0.214. The summed E-state index contributed by atoms with van der Waals surface area (Å²) in [6, 6.07) is 10.3. The molecule has 2 rings (SSSR count). The second kappa shape index (κ2) is 6.50. The minimum Gasteiger partial charge on any atom is -0.389 e. The van der Waals surface area contributed by atoms with Crippen molar-refractivity contribution < 1.29 is 0 Å². The standard InChI is InChI=1S/C14H15BrN2S2/c1-9-2-4-12(11(8-9)14(16)18)17-7-6-10-3-5-13(15)19-10/h2-5,8,17H,6-7H2,1H3,(H2,16,18). The van der Waals surface area contributed by atoms with E-state index in [4.69, 9.17) is 18.0 Å². The highest BCUT2D eigenvalue weighted by molar-refractivity contribution is 9.11. The molecule has 0 spiro atoms. The lowest BCUT2D eigenvalue weighted by atomic mass is 10.1. The van der Waals surface area contributed by atoms with Crippen LogP contribution in [-0.2, 0) is 6.42 Å². The molecule has 0 radical (unpaired) electrons. The molecule has 1 aromatic carbocycles. The first-order chi connectivity index (χ1) is 9.06. The summed E-state index contributed by atoms with van der Waals surface area (Å²) in [7, 11) is 0. The largest absolute Gasteiger partial charge is 0.389 e. The molecule has 100 valence electrons. The van der Waals surface area contributed by atoms with Crippen molar-refractivity contribution in [2.75, 3.05) is 11.9 Å². The second-order valence-electron chi connectivity index (χ2n) is 4.30. The molecule has 1 heterocycles. The van der Waals surface area contributed by atoms with Gasteiger partial charge in [0.05, 0.1) is 3.79 Å². The van der Waals surface area contributed by atoms with Crippen molar-refractivity contribution >= 4 is 50.2 Å². The fourth-order valence-electron chi connectivity index (χ4n) is 1.82. The summed E-state index contributed by atoms with van der Waals surface area (Å²) < 4.78 is 1.17. The van der Waals surface area contributed by atoms with E-state index in [0.29, 0.717) is 4.99 Å². The number of thiocarbonyl (C=S) groups is 1. The summed E-state index contributed by atoms with van der Waals surface area (Å²) >= 11 is 10.3. The normalized spacial score (nSPS) is 10.4. The fourth-order valence-corrected chi connectivity index (χ4v) is 3.47. The number of aryl methyl sites for hydroxylation is 1. The van der Waals surface area contributed by atoms with Crippen LogP contribution in [0.15, 0.2) is 34.1 Å². The molecule has 19 heavy (non-hydrogen) atoms.